The summed E-state index contributed by atoms with van der Waals surface area (Å²) in [4.78, 5) is 45.7. The van der Waals surface area contributed by atoms with E-state index in [1.165, 1.54) is 17.0 Å². The van der Waals surface area contributed by atoms with Crippen LogP contribution in [0.3, 0.4) is 0 Å². The normalized spacial score (nSPS) is 20.3. The summed E-state index contributed by atoms with van der Waals surface area (Å²) in [6.07, 6.45) is 3.87. The zero-order valence-electron chi connectivity index (χ0n) is 22.7. The van der Waals surface area contributed by atoms with Crippen LogP contribution in [-0.2, 0) is 39.2 Å². The molecule has 3 heterocycles. The van der Waals surface area contributed by atoms with Crippen LogP contribution in [0.5, 0.6) is 0 Å². The Morgan fingerprint density at radius 2 is 1.76 bits per heavy atom. The predicted molar refractivity (Wildman–Crippen MR) is 149 cm³/mol. The number of halogens is 2. The molecule has 6 rings (SSSR count). The lowest BCUT2D eigenvalue weighted by molar-refractivity contribution is -0.145. The molecule has 3 aromatic rings. The first kappa shape index (κ1) is 27.0. The number of hydrogen-bond donors (Lipinski definition) is 3. The van der Waals surface area contributed by atoms with Gasteiger partial charge in [0, 0.05) is 35.5 Å². The third-order valence-electron chi connectivity index (χ3n) is 8.61. The summed E-state index contributed by atoms with van der Waals surface area (Å²) in [6, 6.07) is 12.4. The van der Waals surface area contributed by atoms with Crippen LogP contribution in [0.2, 0.25) is 0 Å². The first-order valence-electron chi connectivity index (χ1n) is 13.8. The summed E-state index contributed by atoms with van der Waals surface area (Å²) in [5.41, 5.74) is 2.27. The van der Waals surface area contributed by atoms with Crippen LogP contribution < -0.4 is 16.0 Å². The molecule has 0 saturated carbocycles. The van der Waals surface area contributed by atoms with Crippen molar-refractivity contribution in [1.82, 2.24) is 15.2 Å². The molecule has 1 fully saturated rings. The molecule has 1 saturated heterocycles. The number of rotatable bonds is 6. The minimum atomic E-state index is -0.741. The topological polar surface area (TPSA) is 103 Å². The fourth-order valence-electron chi connectivity index (χ4n) is 6.42. The molecule has 8 nitrogen and oxygen atoms in total. The molecule has 3 aliphatic rings. The van der Waals surface area contributed by atoms with Gasteiger partial charge in [-0.15, -0.1) is 0 Å². The van der Waals surface area contributed by atoms with Crippen LogP contribution in [0.25, 0.3) is 0 Å². The van der Waals surface area contributed by atoms with Crippen molar-refractivity contribution < 1.29 is 23.2 Å². The van der Waals surface area contributed by atoms with Gasteiger partial charge in [-0.1, -0.05) is 19.1 Å². The molecule has 3 N–H and O–H groups in total. The molecule has 1 spiro atoms. The lowest BCUT2D eigenvalue weighted by Gasteiger charge is -2.37. The molecule has 2 aliphatic heterocycles. The second-order valence-electron chi connectivity index (χ2n) is 11.6. The highest BCUT2D eigenvalue weighted by Gasteiger charge is 2.51. The number of benzene rings is 2. The number of fused-ring (bicyclic) bond motifs is 3. The Labute approximate surface area is 236 Å². The van der Waals surface area contributed by atoms with E-state index in [0.717, 1.165) is 22.8 Å². The Balaban J connectivity index is 1.20. The second kappa shape index (κ2) is 10.3. The lowest BCUT2D eigenvalue weighted by atomic mass is 9.79. The summed E-state index contributed by atoms with van der Waals surface area (Å²) in [6.45, 7) is 2.84. The average Bonchev–Trinajstić information content (AvgIpc) is 3.44. The SMILES string of the molecule is CC1(C(=O)N(CC(=O)Nc2ccc3c(c2)C[C@@]2(C3)C(=O)Nc3ncccc32)Cc2cc(F)cc(F)c2)CCNCC1. The highest BCUT2D eigenvalue weighted by atomic mass is 19.1. The Bertz CT molecular complexity index is 1530. The van der Waals surface area contributed by atoms with E-state index in [4.69, 9.17) is 0 Å². The molecule has 10 heteroatoms. The number of carbonyl (C=O) groups excluding carboxylic acids is 3. The Hall–Kier alpha value is -4.18. The Morgan fingerprint density at radius 1 is 1.02 bits per heavy atom. The maximum atomic E-state index is 13.9. The Morgan fingerprint density at radius 3 is 2.51 bits per heavy atom. The number of piperidine rings is 1. The zero-order chi connectivity index (χ0) is 28.8. The molecule has 212 valence electrons. The van der Waals surface area contributed by atoms with Crippen molar-refractivity contribution in [3.63, 3.8) is 0 Å². The van der Waals surface area contributed by atoms with Crippen LogP contribution in [0, 0.1) is 17.0 Å². The number of aromatic nitrogens is 1. The predicted octanol–water partition coefficient (Wildman–Crippen LogP) is 3.71. The number of amides is 3. The third kappa shape index (κ3) is 5.08. The van der Waals surface area contributed by atoms with Crippen LogP contribution in [0.1, 0.15) is 42.0 Å². The molecule has 1 aromatic heterocycles. The highest BCUT2D eigenvalue weighted by Crippen LogP contribution is 2.47. The van der Waals surface area contributed by atoms with Crippen molar-refractivity contribution in [3.8, 4) is 0 Å². The quantitative estimate of drug-likeness (QED) is 0.428. The summed E-state index contributed by atoms with van der Waals surface area (Å²) < 4.78 is 27.9. The summed E-state index contributed by atoms with van der Waals surface area (Å²) in [5, 5.41) is 9.02. The van der Waals surface area contributed by atoms with Crippen molar-refractivity contribution in [2.75, 3.05) is 30.3 Å². The molecule has 0 bridgehead atoms. The number of nitrogens with one attached hydrogen (secondary N) is 3. The van der Waals surface area contributed by atoms with Crippen molar-refractivity contribution in [2.45, 2.75) is 44.6 Å². The highest BCUT2D eigenvalue weighted by molar-refractivity contribution is 6.06. The van der Waals surface area contributed by atoms with Gasteiger partial charge in [0.05, 0.1) is 5.41 Å². The van der Waals surface area contributed by atoms with Gasteiger partial charge < -0.3 is 20.9 Å². The van der Waals surface area contributed by atoms with Crippen molar-refractivity contribution in [2.24, 2.45) is 5.41 Å². The Kier molecular flexibility index (Phi) is 6.81. The smallest absolute Gasteiger partial charge is 0.244 e. The molecule has 1 aliphatic carbocycles. The molecule has 0 unspecified atom stereocenters. The van der Waals surface area contributed by atoms with E-state index in [2.05, 4.69) is 20.9 Å². The molecule has 2 aromatic carbocycles. The third-order valence-corrected chi connectivity index (χ3v) is 8.61. The van der Waals surface area contributed by atoms with E-state index in [1.54, 1.807) is 12.3 Å². The van der Waals surface area contributed by atoms with Crippen LogP contribution in [0.15, 0.2) is 54.7 Å². The minimum absolute atomic E-state index is 0.0812. The van der Waals surface area contributed by atoms with Gasteiger partial charge in [0.1, 0.15) is 24.0 Å². The van der Waals surface area contributed by atoms with E-state index >= 15 is 0 Å². The molecule has 1 atom stereocenters. The van der Waals surface area contributed by atoms with Gasteiger partial charge in [-0.2, -0.15) is 0 Å². The fraction of sp³-hybridized carbons (Fsp3) is 0.355. The largest absolute Gasteiger partial charge is 0.329 e. The molecule has 0 radical (unpaired) electrons. The molecular formula is C31H31F2N5O3. The number of hydrogen-bond acceptors (Lipinski definition) is 5. The van der Waals surface area contributed by atoms with Crippen molar-refractivity contribution in [3.05, 3.63) is 88.6 Å². The van der Waals surface area contributed by atoms with Gasteiger partial charge in [0.15, 0.2) is 0 Å². The van der Waals surface area contributed by atoms with Gasteiger partial charge in [-0.05, 0) is 85.8 Å². The molecule has 41 heavy (non-hydrogen) atoms. The number of anilines is 2. The average molecular weight is 560 g/mol. The van der Waals surface area contributed by atoms with Gasteiger partial charge >= 0.3 is 0 Å². The number of carbonyl (C=O) groups is 3. The van der Waals surface area contributed by atoms with Crippen LogP contribution in [-0.4, -0.2) is 47.2 Å². The number of nitrogens with zero attached hydrogens (tertiary/aromatic N) is 2. The van der Waals surface area contributed by atoms with E-state index in [1.807, 2.05) is 31.2 Å². The van der Waals surface area contributed by atoms with Gasteiger partial charge in [0.2, 0.25) is 17.7 Å². The summed E-state index contributed by atoms with van der Waals surface area (Å²) in [5.74, 6) is -1.63. The van der Waals surface area contributed by atoms with E-state index in [0.29, 0.717) is 50.3 Å². The molecular weight excluding hydrogens is 528 g/mol. The monoisotopic (exact) mass is 559 g/mol. The standard InChI is InChI=1S/C31H31F2N5O3/c1-30(6-9-34-10-7-30)29(41)38(17-19-11-22(32)14-23(33)12-19)18-26(39)36-24-5-4-20-15-31(16-21(20)13-24)25-3-2-8-35-27(25)37-28(31)40/h2-5,8,11-14,34H,6-7,9-10,15-18H2,1H3,(H,36,39)(H,35,37,40)/t31-/m1/s1. The van der Waals surface area contributed by atoms with E-state index in [-0.39, 0.29) is 30.5 Å². The van der Waals surface area contributed by atoms with E-state index in [9.17, 15) is 23.2 Å². The second-order valence-corrected chi connectivity index (χ2v) is 11.6. The van der Waals surface area contributed by atoms with Gasteiger partial charge in [-0.25, -0.2) is 13.8 Å². The van der Waals surface area contributed by atoms with Crippen LogP contribution >= 0.6 is 0 Å². The van der Waals surface area contributed by atoms with Gasteiger partial charge in [-0.3, -0.25) is 14.4 Å². The van der Waals surface area contributed by atoms with Crippen molar-refractivity contribution >= 4 is 29.2 Å². The number of pyridine rings is 1. The van der Waals surface area contributed by atoms with E-state index < -0.39 is 28.4 Å². The maximum Gasteiger partial charge on any atom is 0.244 e. The summed E-state index contributed by atoms with van der Waals surface area (Å²) >= 11 is 0. The van der Waals surface area contributed by atoms with Gasteiger partial charge in [0.25, 0.3) is 0 Å². The van der Waals surface area contributed by atoms with Crippen molar-refractivity contribution in [1.29, 1.82) is 0 Å². The first-order valence-corrected chi connectivity index (χ1v) is 13.8. The maximum absolute atomic E-state index is 13.9. The molecule has 3 amide bonds. The zero-order valence-corrected chi connectivity index (χ0v) is 22.7. The fourth-order valence-corrected chi connectivity index (χ4v) is 6.42. The van der Waals surface area contributed by atoms with Crippen LogP contribution in [0.4, 0.5) is 20.3 Å². The summed E-state index contributed by atoms with van der Waals surface area (Å²) in [7, 11) is 0. The first-order chi connectivity index (χ1) is 19.6. The lowest BCUT2D eigenvalue weighted by Crippen LogP contribution is -2.49. The minimum Gasteiger partial charge on any atom is -0.329 e.